The monoisotopic (exact) mass is 280 g/mol. The number of hydrogen-bond donors (Lipinski definition) is 3. The molecule has 1 aromatic rings. The third-order valence-corrected chi connectivity index (χ3v) is 4.57. The normalized spacial score (nSPS) is 36.6. The number of aliphatic hydroxyl groups excluding tert-OH is 3. The number of aliphatic hydroxyl groups is 3. The van der Waals surface area contributed by atoms with Gasteiger partial charge in [0.05, 0.1) is 17.8 Å². The standard InChI is InChI=1S/C13H16N2O3S/c16-10-6-11(17)15-9(12(10)18)7-19-13(15)14-8-4-2-1-3-5-8/h1-5,9-12,16-18H,6-7H2/t9?,10?,11-,12-/m1/s1. The fourth-order valence-electron chi connectivity index (χ4n) is 2.50. The molecule has 3 N–H and O–H groups in total. The number of benzene rings is 1. The second-order valence-corrected chi connectivity index (χ2v) is 5.78. The van der Waals surface area contributed by atoms with E-state index in [1.54, 1.807) is 4.90 Å². The molecule has 19 heavy (non-hydrogen) atoms. The van der Waals surface area contributed by atoms with E-state index in [1.165, 1.54) is 11.8 Å². The van der Waals surface area contributed by atoms with Crippen molar-refractivity contribution in [1.29, 1.82) is 0 Å². The number of rotatable bonds is 1. The summed E-state index contributed by atoms with van der Waals surface area (Å²) in [6.45, 7) is 0. The van der Waals surface area contributed by atoms with Gasteiger partial charge in [-0.25, -0.2) is 4.99 Å². The topological polar surface area (TPSA) is 76.3 Å². The average molecular weight is 280 g/mol. The van der Waals surface area contributed by atoms with E-state index in [2.05, 4.69) is 4.99 Å². The van der Waals surface area contributed by atoms with Crippen molar-refractivity contribution in [3.63, 3.8) is 0 Å². The first-order valence-electron chi connectivity index (χ1n) is 6.26. The molecule has 0 bridgehead atoms. The van der Waals surface area contributed by atoms with E-state index in [4.69, 9.17) is 0 Å². The lowest BCUT2D eigenvalue weighted by molar-refractivity contribution is -0.118. The molecule has 0 spiro atoms. The van der Waals surface area contributed by atoms with Gasteiger partial charge in [-0.15, -0.1) is 0 Å². The number of fused-ring (bicyclic) bond motifs is 1. The molecule has 102 valence electrons. The van der Waals surface area contributed by atoms with Crippen LogP contribution >= 0.6 is 11.8 Å². The van der Waals surface area contributed by atoms with Crippen molar-refractivity contribution in [2.45, 2.75) is 30.9 Å². The molecule has 5 nitrogen and oxygen atoms in total. The van der Waals surface area contributed by atoms with Crippen LogP contribution < -0.4 is 0 Å². The van der Waals surface area contributed by atoms with E-state index >= 15 is 0 Å². The highest BCUT2D eigenvalue weighted by Crippen LogP contribution is 2.35. The Kier molecular flexibility index (Phi) is 3.49. The van der Waals surface area contributed by atoms with Gasteiger partial charge >= 0.3 is 0 Å². The third kappa shape index (κ3) is 2.36. The van der Waals surface area contributed by atoms with Gasteiger partial charge in [0.15, 0.2) is 5.17 Å². The Labute approximate surface area is 115 Å². The zero-order chi connectivity index (χ0) is 13.4. The van der Waals surface area contributed by atoms with Crippen LogP contribution in [0.2, 0.25) is 0 Å². The second kappa shape index (κ2) is 5.13. The van der Waals surface area contributed by atoms with Crippen LogP contribution in [0.4, 0.5) is 5.69 Å². The van der Waals surface area contributed by atoms with Crippen molar-refractivity contribution in [2.24, 2.45) is 4.99 Å². The highest BCUT2D eigenvalue weighted by molar-refractivity contribution is 8.14. The summed E-state index contributed by atoms with van der Waals surface area (Å²) in [5.74, 6) is 0.626. The van der Waals surface area contributed by atoms with Gasteiger partial charge in [-0.3, -0.25) is 0 Å². The summed E-state index contributed by atoms with van der Waals surface area (Å²) in [7, 11) is 0. The highest BCUT2D eigenvalue weighted by Gasteiger charge is 2.46. The number of para-hydroxylation sites is 1. The van der Waals surface area contributed by atoms with E-state index < -0.39 is 18.4 Å². The first-order valence-corrected chi connectivity index (χ1v) is 7.24. The zero-order valence-corrected chi connectivity index (χ0v) is 11.1. The van der Waals surface area contributed by atoms with Crippen LogP contribution in [0, 0.1) is 0 Å². The van der Waals surface area contributed by atoms with Gasteiger partial charge in [-0.2, -0.15) is 0 Å². The van der Waals surface area contributed by atoms with Crippen LogP contribution in [0.1, 0.15) is 6.42 Å². The molecule has 6 heteroatoms. The van der Waals surface area contributed by atoms with Crippen LogP contribution in [0.3, 0.4) is 0 Å². The fourth-order valence-corrected chi connectivity index (χ4v) is 3.75. The Morgan fingerprint density at radius 3 is 2.63 bits per heavy atom. The van der Waals surface area contributed by atoms with Crippen molar-refractivity contribution in [3.8, 4) is 0 Å². The lowest BCUT2D eigenvalue weighted by Gasteiger charge is -2.41. The van der Waals surface area contributed by atoms with Crippen molar-refractivity contribution >= 4 is 22.6 Å². The highest BCUT2D eigenvalue weighted by atomic mass is 32.2. The predicted octanol–water partition coefficient (Wildman–Crippen LogP) is 0.535. The molecule has 1 aromatic carbocycles. The largest absolute Gasteiger partial charge is 0.390 e. The van der Waals surface area contributed by atoms with E-state index in [0.29, 0.717) is 10.9 Å². The summed E-state index contributed by atoms with van der Waals surface area (Å²) in [6, 6.07) is 9.24. The number of aliphatic imine (C=N–C) groups is 1. The Balaban J connectivity index is 1.88. The van der Waals surface area contributed by atoms with Gasteiger partial charge in [0, 0.05) is 12.2 Å². The summed E-state index contributed by atoms with van der Waals surface area (Å²) < 4.78 is 0. The Morgan fingerprint density at radius 2 is 1.89 bits per heavy atom. The molecule has 2 aliphatic rings. The zero-order valence-electron chi connectivity index (χ0n) is 10.3. The molecule has 4 atom stereocenters. The Bertz CT molecular complexity index is 482. The van der Waals surface area contributed by atoms with E-state index in [-0.39, 0.29) is 12.5 Å². The lowest BCUT2D eigenvalue weighted by Crippen LogP contribution is -2.58. The molecule has 0 amide bonds. The van der Waals surface area contributed by atoms with Gasteiger partial charge in [0.1, 0.15) is 12.3 Å². The van der Waals surface area contributed by atoms with E-state index in [9.17, 15) is 15.3 Å². The Morgan fingerprint density at radius 1 is 1.16 bits per heavy atom. The van der Waals surface area contributed by atoms with Crippen LogP contribution in [-0.2, 0) is 0 Å². The smallest absolute Gasteiger partial charge is 0.166 e. The molecule has 2 fully saturated rings. The maximum absolute atomic E-state index is 10.1. The van der Waals surface area contributed by atoms with Crippen LogP contribution in [0.25, 0.3) is 0 Å². The van der Waals surface area contributed by atoms with Crippen molar-refractivity contribution in [2.75, 3.05) is 5.75 Å². The quantitative estimate of drug-likeness (QED) is 0.700. The molecule has 2 saturated heterocycles. The van der Waals surface area contributed by atoms with Crippen LogP contribution in [0.15, 0.2) is 35.3 Å². The maximum Gasteiger partial charge on any atom is 0.166 e. The molecular weight excluding hydrogens is 264 g/mol. The van der Waals surface area contributed by atoms with Crippen LogP contribution in [-0.4, -0.2) is 55.6 Å². The first-order chi connectivity index (χ1) is 9.16. The number of nitrogens with zero attached hydrogens (tertiary/aromatic N) is 2. The molecule has 0 aromatic heterocycles. The van der Waals surface area contributed by atoms with Crippen molar-refractivity contribution in [1.82, 2.24) is 4.90 Å². The molecule has 0 aliphatic carbocycles. The predicted molar refractivity (Wildman–Crippen MR) is 74.3 cm³/mol. The molecule has 2 unspecified atom stereocenters. The molecule has 3 rings (SSSR count). The number of hydrogen-bond acceptors (Lipinski definition) is 5. The molecule has 2 heterocycles. The minimum Gasteiger partial charge on any atom is -0.390 e. The molecule has 0 radical (unpaired) electrons. The minimum absolute atomic E-state index is 0.145. The Hall–Kier alpha value is -1.08. The minimum atomic E-state index is -0.868. The molecular formula is C13H16N2O3S. The molecule has 0 saturated carbocycles. The van der Waals surface area contributed by atoms with Gasteiger partial charge in [-0.05, 0) is 12.1 Å². The maximum atomic E-state index is 10.1. The van der Waals surface area contributed by atoms with Gasteiger partial charge in [0.2, 0.25) is 0 Å². The summed E-state index contributed by atoms with van der Waals surface area (Å²) in [5.41, 5.74) is 0.818. The van der Waals surface area contributed by atoms with E-state index in [1.807, 2.05) is 30.3 Å². The summed E-state index contributed by atoms with van der Waals surface area (Å²) in [4.78, 5) is 6.22. The number of amidine groups is 1. The van der Waals surface area contributed by atoms with E-state index in [0.717, 1.165) is 5.69 Å². The van der Waals surface area contributed by atoms with Gasteiger partial charge < -0.3 is 20.2 Å². The first kappa shape index (κ1) is 12.9. The summed E-state index contributed by atoms with van der Waals surface area (Å²) in [5, 5.41) is 30.4. The average Bonchev–Trinajstić information content (AvgIpc) is 2.82. The third-order valence-electron chi connectivity index (χ3n) is 3.50. The molecule has 2 aliphatic heterocycles. The van der Waals surface area contributed by atoms with Gasteiger partial charge in [-0.1, -0.05) is 30.0 Å². The lowest BCUT2D eigenvalue weighted by atomic mass is 9.96. The second-order valence-electron chi connectivity index (χ2n) is 4.79. The fraction of sp³-hybridized carbons (Fsp3) is 0.462. The van der Waals surface area contributed by atoms with Gasteiger partial charge in [0.25, 0.3) is 0 Å². The number of thioether (sulfide) groups is 1. The van der Waals surface area contributed by atoms with Crippen LogP contribution in [0.5, 0.6) is 0 Å². The van der Waals surface area contributed by atoms with Crippen molar-refractivity contribution in [3.05, 3.63) is 30.3 Å². The summed E-state index contributed by atoms with van der Waals surface area (Å²) >= 11 is 1.50. The SMILES string of the molecule is OC1C[C@@H](O)N2C(=Nc3ccccc3)SCC2[C@H]1O. The summed E-state index contributed by atoms with van der Waals surface area (Å²) in [6.07, 6.45) is -2.35. The van der Waals surface area contributed by atoms with Crippen molar-refractivity contribution < 1.29 is 15.3 Å². The number of piperidine rings is 1.